The molecule has 0 atom stereocenters. The molecule has 0 spiro atoms. The summed E-state index contributed by atoms with van der Waals surface area (Å²) in [7, 11) is 0. The molecular formula is C10H10ClNO5. The van der Waals surface area contributed by atoms with Crippen molar-refractivity contribution in [1.82, 2.24) is 5.48 Å². The van der Waals surface area contributed by atoms with Gasteiger partial charge in [0.15, 0.2) is 13.2 Å². The zero-order chi connectivity index (χ0) is 12.7. The summed E-state index contributed by atoms with van der Waals surface area (Å²) in [6.45, 7) is -0.881. The maximum atomic E-state index is 11.1. The van der Waals surface area contributed by atoms with E-state index in [0.717, 1.165) is 0 Å². The van der Waals surface area contributed by atoms with Crippen molar-refractivity contribution in [2.45, 2.75) is 0 Å². The number of carboxylic acid groups (broad SMARTS) is 1. The Morgan fingerprint density at radius 1 is 1.24 bits per heavy atom. The van der Waals surface area contributed by atoms with Crippen LogP contribution in [0.15, 0.2) is 24.3 Å². The van der Waals surface area contributed by atoms with Gasteiger partial charge in [-0.3, -0.25) is 9.63 Å². The van der Waals surface area contributed by atoms with Gasteiger partial charge >= 0.3 is 5.97 Å². The molecule has 0 heterocycles. The second-order valence-electron chi connectivity index (χ2n) is 2.95. The van der Waals surface area contributed by atoms with Gasteiger partial charge in [-0.25, -0.2) is 10.3 Å². The number of carbonyl (C=O) groups is 2. The van der Waals surface area contributed by atoms with Crippen LogP contribution in [0.5, 0.6) is 5.75 Å². The largest absolute Gasteiger partial charge is 0.484 e. The first-order chi connectivity index (χ1) is 8.08. The third-order valence-corrected chi connectivity index (χ3v) is 1.82. The van der Waals surface area contributed by atoms with Gasteiger partial charge in [0.05, 0.1) is 0 Å². The second-order valence-corrected chi connectivity index (χ2v) is 3.39. The van der Waals surface area contributed by atoms with E-state index in [1.165, 1.54) is 0 Å². The molecule has 1 amide bonds. The minimum atomic E-state index is -1.18. The number of aliphatic carboxylic acids is 1. The summed E-state index contributed by atoms with van der Waals surface area (Å²) >= 11 is 5.66. The molecule has 0 aliphatic carbocycles. The molecule has 17 heavy (non-hydrogen) atoms. The van der Waals surface area contributed by atoms with Crippen LogP contribution in [0, 0.1) is 0 Å². The minimum Gasteiger partial charge on any atom is -0.484 e. The molecule has 92 valence electrons. The molecule has 0 aliphatic heterocycles. The average molecular weight is 260 g/mol. The zero-order valence-corrected chi connectivity index (χ0v) is 9.44. The Bertz CT molecular complexity index is 392. The molecule has 0 bridgehead atoms. The summed E-state index contributed by atoms with van der Waals surface area (Å²) in [4.78, 5) is 25.5. The van der Waals surface area contributed by atoms with E-state index in [-0.39, 0.29) is 6.61 Å². The number of ether oxygens (including phenoxy) is 1. The van der Waals surface area contributed by atoms with E-state index in [0.29, 0.717) is 10.8 Å². The molecule has 0 unspecified atom stereocenters. The smallest absolute Gasteiger partial charge is 0.332 e. The molecule has 6 nitrogen and oxygen atoms in total. The lowest BCUT2D eigenvalue weighted by molar-refractivity contribution is -0.149. The molecular weight excluding hydrogens is 250 g/mol. The number of carboxylic acids is 1. The molecule has 7 heteroatoms. The summed E-state index contributed by atoms with van der Waals surface area (Å²) in [5.74, 6) is -1.28. The fraction of sp³-hybridized carbons (Fsp3) is 0.200. The van der Waals surface area contributed by atoms with Crippen molar-refractivity contribution in [2.75, 3.05) is 13.2 Å². The van der Waals surface area contributed by atoms with Crippen LogP contribution < -0.4 is 10.2 Å². The molecule has 1 aromatic carbocycles. The Morgan fingerprint density at radius 3 is 2.47 bits per heavy atom. The normalized spacial score (nSPS) is 9.71. The molecule has 2 N–H and O–H groups in total. The Kier molecular flexibility index (Phi) is 5.25. The predicted octanol–water partition coefficient (Wildman–Crippen LogP) is 0.851. The van der Waals surface area contributed by atoms with Gasteiger partial charge in [-0.2, -0.15) is 0 Å². The summed E-state index contributed by atoms with van der Waals surface area (Å²) in [5, 5.41) is 8.80. The van der Waals surface area contributed by atoms with Crippen LogP contribution in [0.4, 0.5) is 0 Å². The monoisotopic (exact) mass is 259 g/mol. The van der Waals surface area contributed by atoms with Crippen LogP contribution in [-0.4, -0.2) is 30.2 Å². The summed E-state index contributed by atoms with van der Waals surface area (Å²) in [6, 6.07) is 6.45. The lowest BCUT2D eigenvalue weighted by Gasteiger charge is -2.06. The predicted molar refractivity (Wildman–Crippen MR) is 58.7 cm³/mol. The highest BCUT2D eigenvalue weighted by molar-refractivity contribution is 6.30. The number of carbonyl (C=O) groups excluding carboxylic acids is 1. The van der Waals surface area contributed by atoms with Crippen molar-refractivity contribution in [3.8, 4) is 5.75 Å². The summed E-state index contributed by atoms with van der Waals surface area (Å²) in [6.07, 6.45) is 0. The molecule has 0 aliphatic rings. The summed E-state index contributed by atoms with van der Waals surface area (Å²) < 4.78 is 5.08. The van der Waals surface area contributed by atoms with E-state index in [4.69, 9.17) is 21.4 Å². The molecule has 0 radical (unpaired) electrons. The molecule has 0 saturated carbocycles. The van der Waals surface area contributed by atoms with E-state index < -0.39 is 18.5 Å². The van der Waals surface area contributed by atoms with Crippen molar-refractivity contribution in [2.24, 2.45) is 0 Å². The van der Waals surface area contributed by atoms with E-state index in [9.17, 15) is 9.59 Å². The van der Waals surface area contributed by atoms with Crippen molar-refractivity contribution in [3.05, 3.63) is 29.3 Å². The first-order valence-electron chi connectivity index (χ1n) is 4.58. The number of amides is 1. The molecule has 1 aromatic rings. The van der Waals surface area contributed by atoms with Crippen molar-refractivity contribution in [1.29, 1.82) is 0 Å². The van der Waals surface area contributed by atoms with Crippen LogP contribution in [-0.2, 0) is 14.4 Å². The van der Waals surface area contributed by atoms with E-state index in [1.807, 2.05) is 5.48 Å². The fourth-order valence-corrected chi connectivity index (χ4v) is 1.01. The Hall–Kier alpha value is -1.79. The molecule has 0 saturated heterocycles. The van der Waals surface area contributed by atoms with Gasteiger partial charge in [0.2, 0.25) is 0 Å². The van der Waals surface area contributed by atoms with E-state index in [1.54, 1.807) is 24.3 Å². The zero-order valence-electron chi connectivity index (χ0n) is 8.68. The van der Waals surface area contributed by atoms with Gasteiger partial charge in [-0.05, 0) is 24.3 Å². The molecule has 1 rings (SSSR count). The Labute approximate surface area is 102 Å². The average Bonchev–Trinajstić information content (AvgIpc) is 2.28. The maximum Gasteiger partial charge on any atom is 0.332 e. The van der Waals surface area contributed by atoms with Gasteiger partial charge in [0.1, 0.15) is 5.75 Å². The Balaban J connectivity index is 2.23. The highest BCUT2D eigenvalue weighted by atomic mass is 35.5. The van der Waals surface area contributed by atoms with Crippen molar-refractivity contribution < 1.29 is 24.3 Å². The minimum absolute atomic E-state index is 0.277. The first kappa shape index (κ1) is 13.3. The number of hydrogen-bond acceptors (Lipinski definition) is 4. The van der Waals surface area contributed by atoms with E-state index in [2.05, 4.69) is 4.84 Å². The lowest BCUT2D eigenvalue weighted by atomic mass is 10.3. The second kappa shape index (κ2) is 6.72. The van der Waals surface area contributed by atoms with Gasteiger partial charge < -0.3 is 9.84 Å². The van der Waals surface area contributed by atoms with Crippen molar-refractivity contribution >= 4 is 23.5 Å². The number of hydroxylamine groups is 1. The third kappa shape index (κ3) is 5.74. The highest BCUT2D eigenvalue weighted by Gasteiger charge is 2.04. The first-order valence-corrected chi connectivity index (χ1v) is 4.96. The van der Waals surface area contributed by atoms with Gasteiger partial charge in [0.25, 0.3) is 5.91 Å². The SMILES string of the molecule is O=C(O)CONC(=O)COc1ccc(Cl)cc1. The van der Waals surface area contributed by atoms with Crippen LogP contribution in [0.3, 0.4) is 0 Å². The van der Waals surface area contributed by atoms with Crippen LogP contribution in [0.2, 0.25) is 5.02 Å². The number of halogens is 1. The third-order valence-electron chi connectivity index (χ3n) is 1.57. The molecule has 0 aromatic heterocycles. The molecule has 0 fully saturated rings. The van der Waals surface area contributed by atoms with Gasteiger partial charge in [-0.1, -0.05) is 11.6 Å². The lowest BCUT2D eigenvalue weighted by Crippen LogP contribution is -2.30. The van der Waals surface area contributed by atoms with Crippen LogP contribution in [0.25, 0.3) is 0 Å². The van der Waals surface area contributed by atoms with Gasteiger partial charge in [0, 0.05) is 5.02 Å². The number of benzene rings is 1. The van der Waals surface area contributed by atoms with Crippen LogP contribution >= 0.6 is 11.6 Å². The number of rotatable bonds is 6. The van der Waals surface area contributed by atoms with E-state index >= 15 is 0 Å². The highest BCUT2D eigenvalue weighted by Crippen LogP contribution is 2.15. The standard InChI is InChI=1S/C10H10ClNO5/c11-7-1-3-8(4-2-7)16-5-9(13)12-17-6-10(14)15/h1-4H,5-6H2,(H,12,13)(H,14,15). The topological polar surface area (TPSA) is 84.9 Å². The maximum absolute atomic E-state index is 11.1. The summed E-state index contributed by atoms with van der Waals surface area (Å²) in [5.41, 5.74) is 1.92. The van der Waals surface area contributed by atoms with Crippen LogP contribution in [0.1, 0.15) is 0 Å². The Morgan fingerprint density at radius 2 is 1.88 bits per heavy atom. The quantitative estimate of drug-likeness (QED) is 0.740. The fourth-order valence-electron chi connectivity index (χ4n) is 0.887. The van der Waals surface area contributed by atoms with Gasteiger partial charge in [-0.15, -0.1) is 0 Å². The number of hydrogen-bond donors (Lipinski definition) is 2. The number of nitrogens with one attached hydrogen (secondary N) is 1. The van der Waals surface area contributed by atoms with Crippen molar-refractivity contribution in [3.63, 3.8) is 0 Å².